The molecule has 5 heteroatoms. The van der Waals surface area contributed by atoms with Crippen molar-refractivity contribution in [1.29, 1.82) is 0 Å². The smallest absolute Gasteiger partial charge is 0.252 e. The van der Waals surface area contributed by atoms with E-state index in [1.165, 1.54) is 0 Å². The highest BCUT2D eigenvalue weighted by atomic mass is 79.9. The highest BCUT2D eigenvalue weighted by Gasteiger charge is 2.38. The van der Waals surface area contributed by atoms with E-state index in [0.717, 1.165) is 23.7 Å². The second-order valence-electron chi connectivity index (χ2n) is 4.41. The van der Waals surface area contributed by atoms with Crippen molar-refractivity contribution in [2.45, 2.75) is 29.7 Å². The Kier molecular flexibility index (Phi) is 3.80. The number of rotatable bonds is 3. The van der Waals surface area contributed by atoms with Gasteiger partial charge in [0.25, 0.3) is 5.91 Å². The molecule has 2 N–H and O–H groups in total. The minimum absolute atomic E-state index is 0.00280. The lowest BCUT2D eigenvalue weighted by Gasteiger charge is -2.41. The standard InChI is InChI=1S/C12H14BrNO2S/c13-8-2-3-9(10(17)6-8)11(16)14-12(7-15)4-1-5-12/h2-3,6,15,17H,1,4-5,7H2,(H,14,16). The third kappa shape index (κ3) is 2.67. The Labute approximate surface area is 114 Å². The number of thiol groups is 1. The van der Waals surface area contributed by atoms with Gasteiger partial charge < -0.3 is 10.4 Å². The summed E-state index contributed by atoms with van der Waals surface area (Å²) in [7, 11) is 0. The predicted molar refractivity (Wildman–Crippen MR) is 72.5 cm³/mol. The molecule has 0 saturated heterocycles. The van der Waals surface area contributed by atoms with Gasteiger partial charge in [0.05, 0.1) is 17.7 Å². The molecular weight excluding hydrogens is 302 g/mol. The van der Waals surface area contributed by atoms with E-state index in [0.29, 0.717) is 10.5 Å². The molecule has 3 nitrogen and oxygen atoms in total. The maximum absolute atomic E-state index is 12.1. The molecule has 1 aliphatic rings. The quantitative estimate of drug-likeness (QED) is 0.750. The van der Waals surface area contributed by atoms with E-state index in [1.54, 1.807) is 18.2 Å². The lowest BCUT2D eigenvalue weighted by atomic mass is 9.77. The zero-order valence-corrected chi connectivity index (χ0v) is 11.7. The first-order valence-electron chi connectivity index (χ1n) is 5.48. The van der Waals surface area contributed by atoms with E-state index >= 15 is 0 Å². The molecule has 1 aromatic carbocycles. The molecule has 2 rings (SSSR count). The molecule has 0 bridgehead atoms. The van der Waals surface area contributed by atoms with Crippen molar-refractivity contribution in [1.82, 2.24) is 5.32 Å². The van der Waals surface area contributed by atoms with E-state index in [2.05, 4.69) is 33.9 Å². The average Bonchev–Trinajstić information content (AvgIpc) is 2.23. The predicted octanol–water partition coefficient (Wildman–Crippen LogP) is 2.38. The van der Waals surface area contributed by atoms with Gasteiger partial charge in [-0.05, 0) is 37.5 Å². The average molecular weight is 316 g/mol. The molecule has 1 saturated carbocycles. The van der Waals surface area contributed by atoms with Crippen LogP contribution in [-0.4, -0.2) is 23.2 Å². The molecule has 1 aliphatic carbocycles. The first-order valence-corrected chi connectivity index (χ1v) is 6.72. The van der Waals surface area contributed by atoms with Gasteiger partial charge in [-0.2, -0.15) is 0 Å². The van der Waals surface area contributed by atoms with E-state index in [-0.39, 0.29) is 12.5 Å². The number of hydrogen-bond donors (Lipinski definition) is 3. The fourth-order valence-electron chi connectivity index (χ4n) is 1.93. The fourth-order valence-corrected chi connectivity index (χ4v) is 2.78. The largest absolute Gasteiger partial charge is 0.394 e. The second kappa shape index (κ2) is 5.00. The minimum atomic E-state index is -0.412. The Hall–Kier alpha value is -0.520. The molecule has 0 spiro atoms. The number of amides is 1. The number of halogens is 1. The van der Waals surface area contributed by atoms with Crippen molar-refractivity contribution < 1.29 is 9.90 Å². The van der Waals surface area contributed by atoms with Crippen LogP contribution in [0.25, 0.3) is 0 Å². The van der Waals surface area contributed by atoms with Gasteiger partial charge >= 0.3 is 0 Å². The molecule has 1 aromatic rings. The molecule has 0 aromatic heterocycles. The van der Waals surface area contributed by atoms with Crippen molar-refractivity contribution in [3.05, 3.63) is 28.2 Å². The molecule has 0 atom stereocenters. The topological polar surface area (TPSA) is 49.3 Å². The first kappa shape index (κ1) is 12.9. The van der Waals surface area contributed by atoms with E-state index < -0.39 is 5.54 Å². The molecule has 0 aliphatic heterocycles. The van der Waals surface area contributed by atoms with Crippen LogP contribution in [0.2, 0.25) is 0 Å². The lowest BCUT2D eigenvalue weighted by Crippen LogP contribution is -2.56. The number of hydrogen-bond acceptors (Lipinski definition) is 3. The molecular formula is C12H14BrNO2S. The normalized spacial score (nSPS) is 17.4. The van der Waals surface area contributed by atoms with Crippen LogP contribution in [-0.2, 0) is 0 Å². The zero-order valence-electron chi connectivity index (χ0n) is 9.24. The fraction of sp³-hybridized carbons (Fsp3) is 0.417. The summed E-state index contributed by atoms with van der Waals surface area (Å²) in [5.41, 5.74) is 0.126. The first-order chi connectivity index (χ1) is 8.06. The Bertz CT molecular complexity index is 441. The van der Waals surface area contributed by atoms with Crippen LogP contribution in [0.1, 0.15) is 29.6 Å². The number of carbonyl (C=O) groups excluding carboxylic acids is 1. The monoisotopic (exact) mass is 315 g/mol. The van der Waals surface area contributed by atoms with Crippen molar-refractivity contribution in [2.24, 2.45) is 0 Å². The summed E-state index contributed by atoms with van der Waals surface area (Å²) < 4.78 is 0.888. The van der Waals surface area contributed by atoms with E-state index in [1.807, 2.05) is 0 Å². The van der Waals surface area contributed by atoms with Gasteiger partial charge in [-0.3, -0.25) is 4.79 Å². The molecule has 17 heavy (non-hydrogen) atoms. The number of aliphatic hydroxyl groups excluding tert-OH is 1. The van der Waals surface area contributed by atoms with E-state index in [9.17, 15) is 9.90 Å². The maximum Gasteiger partial charge on any atom is 0.252 e. The minimum Gasteiger partial charge on any atom is -0.394 e. The molecule has 0 radical (unpaired) electrons. The summed E-state index contributed by atoms with van der Waals surface area (Å²) >= 11 is 7.60. The second-order valence-corrected chi connectivity index (χ2v) is 5.81. The van der Waals surface area contributed by atoms with Gasteiger partial charge in [-0.15, -0.1) is 12.6 Å². The van der Waals surface area contributed by atoms with Crippen LogP contribution in [0.15, 0.2) is 27.6 Å². The SMILES string of the molecule is O=C(NC1(CO)CCC1)c1ccc(Br)cc1S. The number of benzene rings is 1. The Morgan fingerprint density at radius 1 is 1.53 bits per heavy atom. The van der Waals surface area contributed by atoms with Crippen LogP contribution in [0.3, 0.4) is 0 Å². The van der Waals surface area contributed by atoms with Crippen molar-refractivity contribution in [3.63, 3.8) is 0 Å². The van der Waals surface area contributed by atoms with Gasteiger partial charge in [0.15, 0.2) is 0 Å². The Balaban J connectivity index is 2.14. The summed E-state index contributed by atoms with van der Waals surface area (Å²) in [4.78, 5) is 12.7. The van der Waals surface area contributed by atoms with Crippen LogP contribution >= 0.6 is 28.6 Å². The van der Waals surface area contributed by atoms with Crippen LogP contribution in [0.5, 0.6) is 0 Å². The van der Waals surface area contributed by atoms with Gasteiger partial charge in [0.2, 0.25) is 0 Å². The number of nitrogens with one attached hydrogen (secondary N) is 1. The summed E-state index contributed by atoms with van der Waals surface area (Å²) in [6, 6.07) is 5.32. The molecule has 0 unspecified atom stereocenters. The van der Waals surface area contributed by atoms with Crippen molar-refractivity contribution >= 4 is 34.5 Å². The summed E-state index contributed by atoms with van der Waals surface area (Å²) in [5.74, 6) is -0.170. The zero-order chi connectivity index (χ0) is 12.5. The molecule has 92 valence electrons. The van der Waals surface area contributed by atoms with Crippen molar-refractivity contribution in [2.75, 3.05) is 6.61 Å². The van der Waals surface area contributed by atoms with Crippen LogP contribution < -0.4 is 5.32 Å². The Morgan fingerprint density at radius 3 is 2.71 bits per heavy atom. The van der Waals surface area contributed by atoms with Crippen LogP contribution in [0, 0.1) is 0 Å². The summed E-state index contributed by atoms with van der Waals surface area (Å²) in [5, 5.41) is 12.2. The number of aliphatic hydroxyl groups is 1. The van der Waals surface area contributed by atoms with Gasteiger partial charge in [-0.1, -0.05) is 15.9 Å². The van der Waals surface area contributed by atoms with Gasteiger partial charge in [0, 0.05) is 9.37 Å². The third-order valence-corrected chi connectivity index (χ3v) is 4.06. The van der Waals surface area contributed by atoms with Crippen molar-refractivity contribution in [3.8, 4) is 0 Å². The number of carbonyl (C=O) groups is 1. The molecule has 1 fully saturated rings. The summed E-state index contributed by atoms with van der Waals surface area (Å²) in [6.45, 7) is -0.00280. The maximum atomic E-state index is 12.1. The van der Waals surface area contributed by atoms with Crippen LogP contribution in [0.4, 0.5) is 0 Å². The highest BCUT2D eigenvalue weighted by molar-refractivity contribution is 9.10. The summed E-state index contributed by atoms with van der Waals surface area (Å²) in [6.07, 6.45) is 2.73. The van der Waals surface area contributed by atoms with E-state index in [4.69, 9.17) is 0 Å². The Morgan fingerprint density at radius 2 is 2.24 bits per heavy atom. The lowest BCUT2D eigenvalue weighted by molar-refractivity contribution is 0.0639. The molecule has 0 heterocycles. The van der Waals surface area contributed by atoms with Gasteiger partial charge in [0.1, 0.15) is 0 Å². The highest BCUT2D eigenvalue weighted by Crippen LogP contribution is 2.32. The third-order valence-electron chi connectivity index (χ3n) is 3.20. The molecule has 1 amide bonds. The van der Waals surface area contributed by atoms with Gasteiger partial charge in [-0.25, -0.2) is 0 Å².